The maximum Gasteiger partial charge on any atom is 0.247 e. The molecule has 2 heterocycles. The number of carbonyl (C=O) groups excluding carboxylic acids is 2. The maximum atomic E-state index is 14.7. The molecule has 2 aromatic carbocycles. The Kier molecular flexibility index (Phi) is 7.88. The van der Waals surface area contributed by atoms with Crippen LogP contribution in [0.4, 0.5) is 4.39 Å². The number of benzene rings is 2. The fourth-order valence-corrected chi connectivity index (χ4v) is 7.31. The highest BCUT2D eigenvalue weighted by Gasteiger charge is 2.54. The van der Waals surface area contributed by atoms with E-state index in [-0.39, 0.29) is 19.0 Å². The van der Waals surface area contributed by atoms with Crippen molar-refractivity contribution in [2.45, 2.75) is 49.5 Å². The van der Waals surface area contributed by atoms with E-state index in [1.165, 1.54) is 17.0 Å². The Labute approximate surface area is 226 Å². The summed E-state index contributed by atoms with van der Waals surface area (Å²) in [7, 11) is -8.53. The Morgan fingerprint density at radius 1 is 1.00 bits per heavy atom. The summed E-state index contributed by atoms with van der Waals surface area (Å²) in [5, 5.41) is 0.471. The average molecular weight is 587 g/mol. The second-order valence-electron chi connectivity index (χ2n) is 9.60. The molecule has 2 aromatic rings. The lowest BCUT2D eigenvalue weighted by Crippen LogP contribution is -2.76. The number of halogens is 2. The molecular formula is C24H28ClFN4O6S2. The molecular weight excluding hydrogens is 559 g/mol. The minimum absolute atomic E-state index is 0.0284. The number of nitrogens with zero attached hydrogens (tertiary/aromatic N) is 3. The molecule has 0 aromatic heterocycles. The number of carbonyl (C=O) groups is 2. The molecule has 2 fully saturated rings. The molecule has 206 valence electrons. The van der Waals surface area contributed by atoms with Crippen LogP contribution in [-0.2, 0) is 36.1 Å². The molecule has 3 atom stereocenters. The molecule has 0 saturated carbocycles. The van der Waals surface area contributed by atoms with Gasteiger partial charge in [0.25, 0.3) is 0 Å². The monoisotopic (exact) mass is 586 g/mol. The maximum absolute atomic E-state index is 14.7. The van der Waals surface area contributed by atoms with E-state index in [2.05, 4.69) is 4.72 Å². The molecule has 14 heteroatoms. The van der Waals surface area contributed by atoms with E-state index in [0.29, 0.717) is 10.6 Å². The third kappa shape index (κ3) is 5.57. The lowest BCUT2D eigenvalue weighted by molar-refractivity contribution is -0.168. The number of piperazine rings is 1. The molecule has 2 amide bonds. The molecule has 2 aliphatic rings. The van der Waals surface area contributed by atoms with Crippen LogP contribution in [0.2, 0.25) is 5.02 Å². The van der Waals surface area contributed by atoms with E-state index < -0.39 is 67.4 Å². The van der Waals surface area contributed by atoms with Crippen LogP contribution in [0.15, 0.2) is 53.4 Å². The lowest BCUT2D eigenvalue weighted by atomic mass is 9.96. The van der Waals surface area contributed by atoms with Crippen molar-refractivity contribution in [1.29, 1.82) is 0 Å². The van der Waals surface area contributed by atoms with Crippen LogP contribution in [0.3, 0.4) is 0 Å². The number of sulfonamides is 2. The van der Waals surface area contributed by atoms with Gasteiger partial charge in [0.2, 0.25) is 31.9 Å². The van der Waals surface area contributed by atoms with Crippen molar-refractivity contribution in [3.8, 4) is 0 Å². The van der Waals surface area contributed by atoms with Gasteiger partial charge in [-0.05, 0) is 43.7 Å². The number of nitrogens with one attached hydrogen (secondary N) is 1. The second-order valence-corrected chi connectivity index (χ2v) is 13.7. The highest BCUT2D eigenvalue weighted by molar-refractivity contribution is 7.89. The van der Waals surface area contributed by atoms with Gasteiger partial charge in [0.15, 0.2) is 0 Å². The van der Waals surface area contributed by atoms with Crippen LogP contribution >= 0.6 is 11.6 Å². The van der Waals surface area contributed by atoms with E-state index in [4.69, 9.17) is 11.6 Å². The van der Waals surface area contributed by atoms with E-state index in [9.17, 15) is 30.8 Å². The summed E-state index contributed by atoms with van der Waals surface area (Å²) in [5.74, 6) is -2.15. The Hall–Kier alpha value is -2.58. The van der Waals surface area contributed by atoms with Crippen molar-refractivity contribution in [3.63, 3.8) is 0 Å². The zero-order valence-electron chi connectivity index (χ0n) is 20.9. The fourth-order valence-electron chi connectivity index (χ4n) is 4.84. The molecule has 4 rings (SSSR count). The summed E-state index contributed by atoms with van der Waals surface area (Å²) in [5.41, 5.74) is 0.659. The predicted octanol–water partition coefficient (Wildman–Crippen LogP) is 1.42. The first-order valence-corrected chi connectivity index (χ1v) is 15.5. The summed E-state index contributed by atoms with van der Waals surface area (Å²) in [6.07, 6.45) is -0.322. The van der Waals surface area contributed by atoms with E-state index in [1.807, 2.05) is 0 Å². The smallest absolute Gasteiger partial charge is 0.247 e. The lowest BCUT2D eigenvalue weighted by Gasteiger charge is -2.54. The summed E-state index contributed by atoms with van der Waals surface area (Å²) in [6, 6.07) is 8.44. The minimum Gasteiger partial charge on any atom is -0.335 e. The number of hydrogen-bond donors (Lipinski definition) is 1. The number of rotatable bonds is 7. The highest BCUT2D eigenvalue weighted by Crippen LogP contribution is 2.33. The topological polar surface area (TPSA) is 124 Å². The molecule has 0 aliphatic carbocycles. The van der Waals surface area contributed by atoms with Gasteiger partial charge in [0, 0.05) is 24.0 Å². The minimum atomic E-state index is -4.57. The Balaban J connectivity index is 1.86. The van der Waals surface area contributed by atoms with Gasteiger partial charge >= 0.3 is 0 Å². The number of fused-ring (bicyclic) bond motifs is 1. The summed E-state index contributed by atoms with van der Waals surface area (Å²) >= 11 is 5.99. The quantitative estimate of drug-likeness (QED) is 0.523. The van der Waals surface area contributed by atoms with Gasteiger partial charge in [0.05, 0.1) is 12.8 Å². The van der Waals surface area contributed by atoms with Crippen molar-refractivity contribution >= 4 is 43.5 Å². The first-order valence-electron chi connectivity index (χ1n) is 11.8. The zero-order valence-corrected chi connectivity index (χ0v) is 23.3. The Morgan fingerprint density at radius 2 is 1.63 bits per heavy atom. The molecule has 0 bridgehead atoms. The van der Waals surface area contributed by atoms with Gasteiger partial charge in [-0.25, -0.2) is 25.9 Å². The van der Waals surface area contributed by atoms with Crippen LogP contribution in [0.25, 0.3) is 0 Å². The third-order valence-corrected chi connectivity index (χ3v) is 9.44. The largest absolute Gasteiger partial charge is 0.335 e. The van der Waals surface area contributed by atoms with E-state index in [0.717, 1.165) is 27.6 Å². The summed E-state index contributed by atoms with van der Waals surface area (Å²) in [6.45, 7) is 2.79. The number of amides is 2. The van der Waals surface area contributed by atoms with Gasteiger partial charge in [-0.1, -0.05) is 35.9 Å². The van der Waals surface area contributed by atoms with Gasteiger partial charge in [0.1, 0.15) is 29.0 Å². The molecule has 2 saturated heterocycles. The highest BCUT2D eigenvalue weighted by atomic mass is 35.5. The molecule has 38 heavy (non-hydrogen) atoms. The first kappa shape index (κ1) is 28.4. The van der Waals surface area contributed by atoms with Gasteiger partial charge < -0.3 is 9.80 Å². The average Bonchev–Trinajstić information content (AvgIpc) is 2.82. The number of hydrogen-bond acceptors (Lipinski definition) is 6. The standard InChI is InChI=1S/C24H28ClFN4O6S2/c1-15(2)28-14-22-29(38(35,36)21-7-5-4-6-18(21)26)13-19(27-37(3,33)34)23(31)30(22)20(24(28)32)12-16-8-10-17(25)11-9-16/h4-11,15,19-20,22,27H,12-14H2,1-3H3. The van der Waals surface area contributed by atoms with E-state index >= 15 is 0 Å². The molecule has 0 spiro atoms. The fraction of sp³-hybridized carbons (Fsp3) is 0.417. The Bertz CT molecular complexity index is 1450. The van der Waals surface area contributed by atoms with Crippen LogP contribution < -0.4 is 4.72 Å². The van der Waals surface area contributed by atoms with Crippen molar-refractivity contribution < 1.29 is 30.8 Å². The second kappa shape index (κ2) is 10.5. The first-order chi connectivity index (χ1) is 17.7. The summed E-state index contributed by atoms with van der Waals surface area (Å²) < 4.78 is 69.6. The van der Waals surface area contributed by atoms with Crippen molar-refractivity contribution in [2.24, 2.45) is 0 Å². The van der Waals surface area contributed by atoms with Crippen molar-refractivity contribution in [1.82, 2.24) is 18.8 Å². The Morgan fingerprint density at radius 3 is 2.21 bits per heavy atom. The van der Waals surface area contributed by atoms with Gasteiger partial charge in [-0.3, -0.25) is 9.59 Å². The van der Waals surface area contributed by atoms with Crippen molar-refractivity contribution in [3.05, 3.63) is 64.9 Å². The molecule has 3 unspecified atom stereocenters. The molecule has 0 radical (unpaired) electrons. The van der Waals surface area contributed by atoms with E-state index in [1.54, 1.807) is 38.1 Å². The van der Waals surface area contributed by atoms with Crippen LogP contribution in [0, 0.1) is 5.82 Å². The van der Waals surface area contributed by atoms with Crippen LogP contribution in [0.5, 0.6) is 0 Å². The normalized spacial score (nSPS) is 23.2. The third-order valence-electron chi connectivity index (χ3n) is 6.58. The van der Waals surface area contributed by atoms with Gasteiger partial charge in [-0.15, -0.1) is 0 Å². The zero-order chi connectivity index (χ0) is 28.0. The molecule has 1 N–H and O–H groups in total. The van der Waals surface area contributed by atoms with Crippen molar-refractivity contribution in [2.75, 3.05) is 19.3 Å². The van der Waals surface area contributed by atoms with Gasteiger partial charge in [-0.2, -0.15) is 4.31 Å². The van der Waals surface area contributed by atoms with Crippen LogP contribution in [0.1, 0.15) is 19.4 Å². The summed E-state index contributed by atoms with van der Waals surface area (Å²) in [4.78, 5) is 29.3. The SMILES string of the molecule is CC(C)N1CC2N(C(=O)C(NS(C)(=O)=O)CN2S(=O)(=O)c2ccccc2F)C(Cc2ccc(Cl)cc2)C1=O. The molecule has 10 nitrogen and oxygen atoms in total. The molecule has 2 aliphatic heterocycles. The van der Waals surface area contributed by atoms with Crippen LogP contribution in [-0.4, -0.2) is 86.4 Å². The predicted molar refractivity (Wildman–Crippen MR) is 138 cm³/mol.